The first-order valence-corrected chi connectivity index (χ1v) is 4.29. The first kappa shape index (κ1) is 11.3. The highest BCUT2D eigenvalue weighted by Gasteiger charge is 2.26. The molecular weight excluding hydrogens is 288 g/mol. The molecule has 2 nitrogen and oxygen atoms in total. The van der Waals surface area contributed by atoms with E-state index in [0.29, 0.717) is 0 Å². The van der Waals surface area contributed by atoms with E-state index in [4.69, 9.17) is 16.7 Å². The molecule has 7 heteroatoms. The van der Waals surface area contributed by atoms with Crippen LogP contribution >= 0.6 is 27.5 Å². The maximum Gasteiger partial charge on any atom is 0.340 e. The molecule has 0 aromatic heterocycles. The summed E-state index contributed by atoms with van der Waals surface area (Å²) in [5, 5.41) is 7.44. The van der Waals surface area contributed by atoms with Crippen molar-refractivity contribution in [2.75, 3.05) is 0 Å². The van der Waals surface area contributed by atoms with Gasteiger partial charge in [0, 0.05) is 0 Å². The average molecular weight is 289 g/mol. The molecule has 0 bridgehead atoms. The standard InChI is InChI=1S/C7HBrClF3O2/c8-2-5(11)3(9)1(7(13)14)4(10)6(2)12/h(H,13,14). The number of carboxylic acids is 1. The van der Waals surface area contributed by atoms with Crippen molar-refractivity contribution in [2.24, 2.45) is 0 Å². The van der Waals surface area contributed by atoms with Crippen LogP contribution in [0.3, 0.4) is 0 Å². The van der Waals surface area contributed by atoms with Crippen LogP contribution in [0.1, 0.15) is 10.4 Å². The fourth-order valence-electron chi connectivity index (χ4n) is 0.793. The summed E-state index contributed by atoms with van der Waals surface area (Å²) < 4.78 is 37.8. The zero-order valence-electron chi connectivity index (χ0n) is 6.25. The molecule has 0 spiro atoms. The van der Waals surface area contributed by atoms with Crippen LogP contribution in [-0.4, -0.2) is 11.1 Å². The van der Waals surface area contributed by atoms with Gasteiger partial charge in [-0.15, -0.1) is 0 Å². The lowest BCUT2D eigenvalue weighted by molar-refractivity contribution is 0.0690. The zero-order chi connectivity index (χ0) is 11.0. The predicted molar refractivity (Wildman–Crippen MR) is 46.0 cm³/mol. The number of hydrogen-bond acceptors (Lipinski definition) is 1. The Balaban J connectivity index is 3.68. The lowest BCUT2D eigenvalue weighted by Gasteiger charge is -2.05. The van der Waals surface area contributed by atoms with E-state index in [9.17, 15) is 18.0 Å². The second-order valence-corrected chi connectivity index (χ2v) is 3.42. The summed E-state index contributed by atoms with van der Waals surface area (Å²) in [5.41, 5.74) is -1.22. The SMILES string of the molecule is O=C(O)c1c(F)c(F)c(Br)c(F)c1Cl. The van der Waals surface area contributed by atoms with Gasteiger partial charge in [0.25, 0.3) is 0 Å². The van der Waals surface area contributed by atoms with Gasteiger partial charge >= 0.3 is 5.97 Å². The summed E-state index contributed by atoms with van der Waals surface area (Å²) in [4.78, 5) is 10.4. The third kappa shape index (κ3) is 1.59. The van der Waals surface area contributed by atoms with Gasteiger partial charge in [-0.25, -0.2) is 18.0 Å². The Labute approximate surface area is 89.4 Å². The Morgan fingerprint density at radius 3 is 2.14 bits per heavy atom. The molecule has 1 aromatic rings. The Morgan fingerprint density at radius 2 is 1.71 bits per heavy atom. The Morgan fingerprint density at radius 1 is 1.21 bits per heavy atom. The van der Waals surface area contributed by atoms with Gasteiger partial charge in [-0.2, -0.15) is 0 Å². The minimum atomic E-state index is -1.84. The highest BCUT2D eigenvalue weighted by atomic mass is 79.9. The first-order valence-electron chi connectivity index (χ1n) is 3.12. The fraction of sp³-hybridized carbons (Fsp3) is 0. The second kappa shape index (κ2) is 3.78. The minimum Gasteiger partial charge on any atom is -0.478 e. The molecule has 0 amide bonds. The van der Waals surface area contributed by atoms with E-state index in [1.54, 1.807) is 0 Å². The fourth-order valence-corrected chi connectivity index (χ4v) is 1.54. The molecule has 1 N–H and O–H groups in total. The molecular formula is C7HBrClF3O2. The number of carboxylic acid groups (broad SMARTS) is 1. The molecule has 14 heavy (non-hydrogen) atoms. The van der Waals surface area contributed by atoms with Gasteiger partial charge < -0.3 is 5.11 Å². The van der Waals surface area contributed by atoms with Gasteiger partial charge in [0.2, 0.25) is 0 Å². The molecule has 0 saturated carbocycles. The zero-order valence-corrected chi connectivity index (χ0v) is 8.59. The predicted octanol–water partition coefficient (Wildman–Crippen LogP) is 3.22. The number of halogens is 5. The molecule has 1 aromatic carbocycles. The normalized spacial score (nSPS) is 10.4. The van der Waals surface area contributed by atoms with Crippen LogP contribution in [0.5, 0.6) is 0 Å². The Hall–Kier alpha value is -0.750. The highest BCUT2D eigenvalue weighted by molar-refractivity contribution is 9.10. The molecule has 0 aliphatic rings. The maximum absolute atomic E-state index is 12.9. The Kier molecular flexibility index (Phi) is 3.06. The monoisotopic (exact) mass is 288 g/mol. The van der Waals surface area contributed by atoms with Crippen molar-refractivity contribution in [3.05, 3.63) is 32.5 Å². The van der Waals surface area contributed by atoms with Gasteiger partial charge in [0.15, 0.2) is 17.5 Å². The minimum absolute atomic E-state index is 0.829. The summed E-state index contributed by atoms with van der Waals surface area (Å²) in [6, 6.07) is 0. The van der Waals surface area contributed by atoms with Gasteiger partial charge in [0.1, 0.15) is 5.56 Å². The number of rotatable bonds is 1. The van der Waals surface area contributed by atoms with E-state index in [-0.39, 0.29) is 0 Å². The van der Waals surface area contributed by atoms with Crippen molar-refractivity contribution in [3.8, 4) is 0 Å². The molecule has 0 heterocycles. The average Bonchev–Trinajstić information content (AvgIpc) is 2.11. The van der Waals surface area contributed by atoms with Crippen LogP contribution in [0.2, 0.25) is 5.02 Å². The van der Waals surface area contributed by atoms with Crippen LogP contribution in [0.25, 0.3) is 0 Å². The largest absolute Gasteiger partial charge is 0.478 e. The number of carbonyl (C=O) groups is 1. The topological polar surface area (TPSA) is 37.3 Å². The molecule has 0 unspecified atom stereocenters. The van der Waals surface area contributed by atoms with Crippen LogP contribution in [-0.2, 0) is 0 Å². The van der Waals surface area contributed by atoms with Crippen molar-refractivity contribution in [1.29, 1.82) is 0 Å². The molecule has 0 saturated heterocycles. The molecule has 1 rings (SSSR count). The third-order valence-corrected chi connectivity index (χ3v) is 2.47. The van der Waals surface area contributed by atoms with Crippen LogP contribution < -0.4 is 0 Å². The van der Waals surface area contributed by atoms with E-state index in [2.05, 4.69) is 15.9 Å². The molecule has 76 valence electrons. The van der Waals surface area contributed by atoms with Crippen LogP contribution in [0.4, 0.5) is 13.2 Å². The van der Waals surface area contributed by atoms with Crippen molar-refractivity contribution in [2.45, 2.75) is 0 Å². The second-order valence-electron chi connectivity index (χ2n) is 2.25. The lowest BCUT2D eigenvalue weighted by Crippen LogP contribution is -2.07. The highest BCUT2D eigenvalue weighted by Crippen LogP contribution is 2.32. The van der Waals surface area contributed by atoms with E-state index >= 15 is 0 Å². The summed E-state index contributed by atoms with van der Waals surface area (Å²) >= 11 is 7.57. The third-order valence-electron chi connectivity index (χ3n) is 1.42. The maximum atomic E-state index is 12.9. The summed E-state index contributed by atoms with van der Waals surface area (Å²) in [7, 11) is 0. The van der Waals surface area contributed by atoms with Crippen LogP contribution in [0, 0.1) is 17.5 Å². The Bertz CT molecular complexity index is 393. The van der Waals surface area contributed by atoms with Gasteiger partial charge in [-0.3, -0.25) is 0 Å². The van der Waals surface area contributed by atoms with Crippen LogP contribution in [0.15, 0.2) is 4.47 Å². The quantitative estimate of drug-likeness (QED) is 0.636. The lowest BCUT2D eigenvalue weighted by atomic mass is 10.2. The molecule has 0 fully saturated rings. The summed E-state index contributed by atoms with van der Waals surface area (Å²) in [6.07, 6.45) is 0. The van der Waals surface area contributed by atoms with Crippen molar-refractivity contribution in [3.63, 3.8) is 0 Å². The van der Waals surface area contributed by atoms with Crippen molar-refractivity contribution < 1.29 is 23.1 Å². The van der Waals surface area contributed by atoms with Gasteiger partial charge in [-0.05, 0) is 15.9 Å². The van der Waals surface area contributed by atoms with E-state index in [1.807, 2.05) is 0 Å². The summed E-state index contributed by atoms with van der Waals surface area (Å²) in [6.45, 7) is 0. The van der Waals surface area contributed by atoms with Crippen molar-refractivity contribution in [1.82, 2.24) is 0 Å². The number of aromatic carboxylic acids is 1. The van der Waals surface area contributed by atoms with E-state index in [0.717, 1.165) is 0 Å². The van der Waals surface area contributed by atoms with E-state index in [1.165, 1.54) is 0 Å². The van der Waals surface area contributed by atoms with Gasteiger partial charge in [-0.1, -0.05) is 11.6 Å². The number of benzene rings is 1. The molecule has 0 aliphatic heterocycles. The van der Waals surface area contributed by atoms with E-state index < -0.39 is 38.5 Å². The molecule has 0 atom stereocenters. The molecule has 0 radical (unpaired) electrons. The summed E-state index contributed by atoms with van der Waals surface area (Å²) in [5.74, 6) is -6.50. The molecule has 0 aliphatic carbocycles. The van der Waals surface area contributed by atoms with Gasteiger partial charge in [0.05, 0.1) is 9.50 Å². The number of hydrogen-bond donors (Lipinski definition) is 1. The first-order chi connectivity index (χ1) is 6.37. The smallest absolute Gasteiger partial charge is 0.340 e. The van der Waals surface area contributed by atoms with Crippen molar-refractivity contribution >= 4 is 33.5 Å².